The third kappa shape index (κ3) is 4.49. The van der Waals surface area contributed by atoms with Gasteiger partial charge < -0.3 is 15.2 Å². The van der Waals surface area contributed by atoms with Gasteiger partial charge in [0.1, 0.15) is 11.4 Å². The molecule has 0 unspecified atom stereocenters. The second kappa shape index (κ2) is 8.60. The SMILES string of the molecule is O=C(O)c1ccc(C2(NC(=O)c3cc(Cl)cc4ccc(Oc5ccc(C(F)(F)F)cc5)n34)CC2)cc1. The van der Waals surface area contributed by atoms with E-state index >= 15 is 0 Å². The number of nitrogens with zero attached hydrogens (tertiary/aromatic N) is 1. The number of aromatic carboxylic acids is 1. The van der Waals surface area contributed by atoms with Crippen LogP contribution in [-0.2, 0) is 11.7 Å². The minimum absolute atomic E-state index is 0.148. The molecule has 0 saturated heterocycles. The molecule has 184 valence electrons. The standard InChI is InChI=1S/C26H18ClF3N2O4/c27-18-13-19-7-10-22(36-20-8-5-17(6-9-20)26(28,29)30)32(19)21(14-18)23(33)31-25(11-12-25)16-3-1-15(2-4-16)24(34)35/h1-10,13-14H,11-12H2,(H,31,33)(H,34,35). The summed E-state index contributed by atoms with van der Waals surface area (Å²) in [6, 6.07) is 17.0. The van der Waals surface area contributed by atoms with E-state index in [1.165, 1.54) is 34.7 Å². The number of fused-ring (bicyclic) bond motifs is 1. The first-order valence-corrected chi connectivity index (χ1v) is 11.3. The predicted molar refractivity (Wildman–Crippen MR) is 126 cm³/mol. The first-order valence-electron chi connectivity index (χ1n) is 10.9. The van der Waals surface area contributed by atoms with Crippen molar-refractivity contribution in [2.24, 2.45) is 0 Å². The van der Waals surface area contributed by atoms with Crippen LogP contribution in [0.3, 0.4) is 0 Å². The molecular weight excluding hydrogens is 497 g/mol. The summed E-state index contributed by atoms with van der Waals surface area (Å²) in [6.07, 6.45) is -3.11. The predicted octanol–water partition coefficient (Wildman–Crippen LogP) is 6.52. The number of rotatable bonds is 6. The van der Waals surface area contributed by atoms with Gasteiger partial charge in [-0.05, 0) is 73.0 Å². The van der Waals surface area contributed by atoms with E-state index < -0.39 is 29.2 Å². The minimum atomic E-state index is -4.46. The molecule has 4 aromatic rings. The molecule has 1 aliphatic carbocycles. The fraction of sp³-hybridized carbons (Fsp3) is 0.154. The highest BCUT2D eigenvalue weighted by Gasteiger charge is 2.46. The third-order valence-corrected chi connectivity index (χ3v) is 6.32. The maximum atomic E-state index is 13.4. The summed E-state index contributed by atoms with van der Waals surface area (Å²) in [4.78, 5) is 24.6. The normalized spacial score (nSPS) is 14.4. The number of aromatic nitrogens is 1. The molecule has 36 heavy (non-hydrogen) atoms. The van der Waals surface area contributed by atoms with Crippen LogP contribution in [-0.4, -0.2) is 21.4 Å². The molecule has 2 aromatic heterocycles. The molecule has 1 fully saturated rings. The van der Waals surface area contributed by atoms with E-state index in [9.17, 15) is 22.8 Å². The van der Waals surface area contributed by atoms with Crippen LogP contribution in [0.2, 0.25) is 5.02 Å². The molecule has 6 nitrogen and oxygen atoms in total. The Hall–Kier alpha value is -3.98. The van der Waals surface area contributed by atoms with Gasteiger partial charge in [0.05, 0.1) is 22.2 Å². The van der Waals surface area contributed by atoms with Gasteiger partial charge in [0.25, 0.3) is 5.91 Å². The summed E-state index contributed by atoms with van der Waals surface area (Å²) in [5.41, 5.74) is 0.239. The van der Waals surface area contributed by atoms with Crippen molar-refractivity contribution in [3.05, 3.63) is 100 Å². The highest BCUT2D eigenvalue weighted by Crippen LogP contribution is 2.46. The Morgan fingerprint density at radius 2 is 1.64 bits per heavy atom. The van der Waals surface area contributed by atoms with Crippen LogP contribution in [0.1, 0.15) is 44.8 Å². The quantitative estimate of drug-likeness (QED) is 0.307. The van der Waals surface area contributed by atoms with Crippen molar-refractivity contribution in [1.82, 2.24) is 9.72 Å². The van der Waals surface area contributed by atoms with Crippen LogP contribution < -0.4 is 10.1 Å². The highest BCUT2D eigenvalue weighted by atomic mass is 35.5. The monoisotopic (exact) mass is 514 g/mol. The average molecular weight is 515 g/mol. The Morgan fingerprint density at radius 3 is 2.22 bits per heavy atom. The van der Waals surface area contributed by atoms with E-state index in [2.05, 4.69) is 5.32 Å². The van der Waals surface area contributed by atoms with Crippen LogP contribution in [0.5, 0.6) is 11.6 Å². The Labute approximate surface area is 207 Å². The Balaban J connectivity index is 1.44. The smallest absolute Gasteiger partial charge is 0.416 e. The summed E-state index contributed by atoms with van der Waals surface area (Å²) in [5, 5.41) is 12.5. The second-order valence-electron chi connectivity index (χ2n) is 8.53. The summed E-state index contributed by atoms with van der Waals surface area (Å²) in [6.45, 7) is 0. The van der Waals surface area contributed by atoms with E-state index in [-0.39, 0.29) is 22.9 Å². The maximum absolute atomic E-state index is 13.4. The second-order valence-corrected chi connectivity index (χ2v) is 8.97. The number of pyridine rings is 1. The van der Waals surface area contributed by atoms with Crippen LogP contribution in [0.4, 0.5) is 13.2 Å². The lowest BCUT2D eigenvalue weighted by Gasteiger charge is -2.19. The molecule has 1 saturated carbocycles. The number of nitrogens with one attached hydrogen (secondary N) is 1. The molecule has 0 atom stereocenters. The highest BCUT2D eigenvalue weighted by molar-refractivity contribution is 6.31. The fourth-order valence-electron chi connectivity index (χ4n) is 4.09. The van der Waals surface area contributed by atoms with Gasteiger partial charge in [0.15, 0.2) is 0 Å². The number of benzene rings is 2. The van der Waals surface area contributed by atoms with Crippen molar-refractivity contribution in [3.8, 4) is 11.6 Å². The van der Waals surface area contributed by atoms with E-state index in [0.717, 1.165) is 17.7 Å². The van der Waals surface area contributed by atoms with Crippen LogP contribution in [0.25, 0.3) is 5.52 Å². The number of ether oxygens (including phenoxy) is 1. The lowest BCUT2D eigenvalue weighted by atomic mass is 10.0. The van der Waals surface area contributed by atoms with E-state index in [0.29, 0.717) is 23.4 Å². The Bertz CT molecular complexity index is 1470. The first kappa shape index (κ1) is 23.7. The first-order chi connectivity index (χ1) is 17.1. The average Bonchev–Trinajstić information content (AvgIpc) is 3.51. The summed E-state index contributed by atoms with van der Waals surface area (Å²) >= 11 is 6.25. The van der Waals surface area contributed by atoms with E-state index in [1.807, 2.05) is 0 Å². The van der Waals surface area contributed by atoms with E-state index in [1.54, 1.807) is 30.3 Å². The molecule has 1 aliphatic rings. The molecule has 2 N–H and O–H groups in total. The van der Waals surface area contributed by atoms with Gasteiger partial charge >= 0.3 is 12.1 Å². The number of carboxylic acid groups (broad SMARTS) is 1. The van der Waals surface area contributed by atoms with Crippen LogP contribution in [0.15, 0.2) is 72.8 Å². The zero-order valence-electron chi connectivity index (χ0n) is 18.5. The largest absolute Gasteiger partial charge is 0.478 e. The van der Waals surface area contributed by atoms with Crippen LogP contribution in [0, 0.1) is 0 Å². The number of carbonyl (C=O) groups is 2. The number of carbonyl (C=O) groups excluding carboxylic acids is 1. The molecule has 0 radical (unpaired) electrons. The third-order valence-electron chi connectivity index (χ3n) is 6.10. The minimum Gasteiger partial charge on any atom is -0.478 e. The molecule has 0 bridgehead atoms. The van der Waals surface area contributed by atoms with Crippen molar-refractivity contribution in [2.75, 3.05) is 0 Å². The lowest BCUT2D eigenvalue weighted by molar-refractivity contribution is -0.137. The van der Waals surface area contributed by atoms with Crippen molar-refractivity contribution < 1.29 is 32.6 Å². The molecule has 5 rings (SSSR count). The van der Waals surface area contributed by atoms with Crippen LogP contribution >= 0.6 is 11.6 Å². The van der Waals surface area contributed by atoms with Gasteiger partial charge in [-0.1, -0.05) is 23.7 Å². The number of amides is 1. The van der Waals surface area contributed by atoms with Crippen molar-refractivity contribution in [3.63, 3.8) is 0 Å². The van der Waals surface area contributed by atoms with Gasteiger partial charge in [-0.15, -0.1) is 0 Å². The Morgan fingerprint density at radius 1 is 0.972 bits per heavy atom. The summed E-state index contributed by atoms with van der Waals surface area (Å²) < 4.78 is 46.0. The fourth-order valence-corrected chi connectivity index (χ4v) is 4.30. The molecule has 2 heterocycles. The van der Waals surface area contributed by atoms with Gasteiger partial charge in [-0.25, -0.2) is 4.79 Å². The van der Waals surface area contributed by atoms with E-state index in [4.69, 9.17) is 21.4 Å². The zero-order chi connectivity index (χ0) is 25.7. The molecule has 0 spiro atoms. The van der Waals surface area contributed by atoms with Gasteiger partial charge in [-0.2, -0.15) is 13.2 Å². The topological polar surface area (TPSA) is 80.0 Å². The van der Waals surface area contributed by atoms with Gasteiger partial charge in [0, 0.05) is 11.1 Å². The van der Waals surface area contributed by atoms with Crippen molar-refractivity contribution in [1.29, 1.82) is 0 Å². The molecule has 0 aliphatic heterocycles. The van der Waals surface area contributed by atoms with Gasteiger partial charge in [0.2, 0.25) is 5.88 Å². The number of carboxylic acids is 1. The summed E-state index contributed by atoms with van der Waals surface area (Å²) in [7, 11) is 0. The number of halogens is 4. The summed E-state index contributed by atoms with van der Waals surface area (Å²) in [5.74, 6) is -1.08. The molecule has 10 heteroatoms. The number of alkyl halides is 3. The molecule has 2 aromatic carbocycles. The van der Waals surface area contributed by atoms with Crippen molar-refractivity contribution >= 4 is 29.0 Å². The molecular formula is C26H18ClF3N2O4. The lowest BCUT2D eigenvalue weighted by Crippen LogP contribution is -2.35. The number of hydrogen-bond donors (Lipinski definition) is 2. The van der Waals surface area contributed by atoms with Gasteiger partial charge in [-0.3, -0.25) is 9.20 Å². The zero-order valence-corrected chi connectivity index (χ0v) is 19.2. The maximum Gasteiger partial charge on any atom is 0.416 e. The number of hydrogen-bond acceptors (Lipinski definition) is 3. The van der Waals surface area contributed by atoms with Crippen molar-refractivity contribution in [2.45, 2.75) is 24.6 Å². The Kier molecular flexibility index (Phi) is 5.67. The molecule has 1 amide bonds.